The van der Waals surface area contributed by atoms with Gasteiger partial charge in [-0.15, -0.1) is 11.3 Å². The minimum atomic E-state index is -0.246. The number of hydrogen-bond acceptors (Lipinski definition) is 5. The van der Waals surface area contributed by atoms with Gasteiger partial charge in [-0.1, -0.05) is 12.1 Å². The fourth-order valence-corrected chi connectivity index (χ4v) is 3.15. The van der Waals surface area contributed by atoms with Crippen LogP contribution in [0.2, 0.25) is 0 Å². The summed E-state index contributed by atoms with van der Waals surface area (Å²) in [6.45, 7) is 3.98. The van der Waals surface area contributed by atoms with Gasteiger partial charge in [0.25, 0.3) is 5.91 Å². The zero-order chi connectivity index (χ0) is 18.5. The highest BCUT2D eigenvalue weighted by Gasteiger charge is 2.14. The second-order valence-electron chi connectivity index (χ2n) is 5.88. The van der Waals surface area contributed by atoms with Gasteiger partial charge in [0, 0.05) is 10.9 Å². The highest BCUT2D eigenvalue weighted by Crippen LogP contribution is 2.27. The van der Waals surface area contributed by atoms with Gasteiger partial charge in [-0.2, -0.15) is 0 Å². The molecule has 3 aromatic rings. The van der Waals surface area contributed by atoms with Crippen molar-refractivity contribution in [2.75, 3.05) is 12.4 Å². The number of methoxy groups -OCH3 is 1. The Morgan fingerprint density at radius 1 is 1.12 bits per heavy atom. The standard InChI is InChI=1S/C20H20N2O3S/c1-13(2)25-15-10-8-14(9-11-15)17-12-26-20(21-17)22-19(23)16-6-4-5-7-18(16)24-3/h4-13H,1-3H3,(H,21,22,23). The molecular formula is C20H20N2O3S. The van der Waals surface area contributed by atoms with Crippen LogP contribution in [0, 0.1) is 0 Å². The Morgan fingerprint density at radius 2 is 1.85 bits per heavy atom. The van der Waals surface area contributed by atoms with E-state index in [0.29, 0.717) is 16.4 Å². The number of carbonyl (C=O) groups excluding carboxylic acids is 1. The first kappa shape index (κ1) is 17.9. The number of benzene rings is 2. The Balaban J connectivity index is 1.72. The van der Waals surface area contributed by atoms with Crippen molar-refractivity contribution < 1.29 is 14.3 Å². The van der Waals surface area contributed by atoms with Gasteiger partial charge >= 0.3 is 0 Å². The Kier molecular flexibility index (Phi) is 5.53. The lowest BCUT2D eigenvalue weighted by Crippen LogP contribution is -2.12. The summed E-state index contributed by atoms with van der Waals surface area (Å²) in [5, 5.41) is 5.28. The summed E-state index contributed by atoms with van der Waals surface area (Å²) in [6.07, 6.45) is 0.136. The summed E-state index contributed by atoms with van der Waals surface area (Å²) in [6, 6.07) is 14.8. The number of anilines is 1. The summed E-state index contributed by atoms with van der Waals surface area (Å²) in [5.74, 6) is 1.11. The number of nitrogens with zero attached hydrogens (tertiary/aromatic N) is 1. The van der Waals surface area contributed by atoms with Crippen molar-refractivity contribution in [3.63, 3.8) is 0 Å². The average Bonchev–Trinajstić information content (AvgIpc) is 3.10. The van der Waals surface area contributed by atoms with Crippen LogP contribution < -0.4 is 14.8 Å². The van der Waals surface area contributed by atoms with Crippen LogP contribution in [0.4, 0.5) is 5.13 Å². The molecular weight excluding hydrogens is 348 g/mol. The molecule has 1 amide bonds. The lowest BCUT2D eigenvalue weighted by atomic mass is 10.2. The van der Waals surface area contributed by atoms with Crippen molar-refractivity contribution in [1.82, 2.24) is 4.98 Å². The predicted molar refractivity (Wildman–Crippen MR) is 104 cm³/mol. The molecule has 0 bridgehead atoms. The molecule has 0 aliphatic rings. The van der Waals surface area contributed by atoms with Gasteiger partial charge in [-0.05, 0) is 50.2 Å². The Morgan fingerprint density at radius 3 is 2.54 bits per heavy atom. The summed E-state index contributed by atoms with van der Waals surface area (Å²) >= 11 is 1.38. The van der Waals surface area contributed by atoms with Crippen molar-refractivity contribution >= 4 is 22.4 Å². The van der Waals surface area contributed by atoms with Crippen LogP contribution in [-0.4, -0.2) is 24.1 Å². The molecule has 0 aliphatic carbocycles. The van der Waals surface area contributed by atoms with Crippen molar-refractivity contribution in [3.05, 3.63) is 59.5 Å². The van der Waals surface area contributed by atoms with Gasteiger partial charge in [-0.3, -0.25) is 10.1 Å². The highest BCUT2D eigenvalue weighted by atomic mass is 32.1. The van der Waals surface area contributed by atoms with Gasteiger partial charge in [0.1, 0.15) is 11.5 Å². The molecule has 0 radical (unpaired) electrons. The topological polar surface area (TPSA) is 60.5 Å². The highest BCUT2D eigenvalue weighted by molar-refractivity contribution is 7.14. The monoisotopic (exact) mass is 368 g/mol. The third kappa shape index (κ3) is 4.21. The van der Waals surface area contributed by atoms with Crippen LogP contribution in [0.3, 0.4) is 0 Å². The second-order valence-corrected chi connectivity index (χ2v) is 6.74. The van der Waals surface area contributed by atoms with Crippen LogP contribution in [0.5, 0.6) is 11.5 Å². The van der Waals surface area contributed by atoms with Gasteiger partial charge in [0.15, 0.2) is 5.13 Å². The number of aromatic nitrogens is 1. The van der Waals surface area contributed by atoms with Gasteiger partial charge in [0.2, 0.25) is 0 Å². The summed E-state index contributed by atoms with van der Waals surface area (Å²) in [5.41, 5.74) is 2.25. The molecule has 26 heavy (non-hydrogen) atoms. The van der Waals surface area contributed by atoms with E-state index in [9.17, 15) is 4.79 Å². The number of hydrogen-bond donors (Lipinski definition) is 1. The number of thiazole rings is 1. The SMILES string of the molecule is COc1ccccc1C(=O)Nc1nc(-c2ccc(OC(C)C)cc2)cs1. The molecule has 1 heterocycles. The van der Waals surface area contributed by atoms with Crippen LogP contribution in [0.1, 0.15) is 24.2 Å². The lowest BCUT2D eigenvalue weighted by Gasteiger charge is -2.09. The molecule has 2 aromatic carbocycles. The quantitative estimate of drug-likeness (QED) is 0.675. The molecule has 0 unspecified atom stereocenters. The number of ether oxygens (including phenoxy) is 2. The lowest BCUT2D eigenvalue weighted by molar-refractivity contribution is 0.102. The smallest absolute Gasteiger partial charge is 0.261 e. The molecule has 5 nitrogen and oxygen atoms in total. The van der Waals surface area contributed by atoms with E-state index in [0.717, 1.165) is 17.0 Å². The van der Waals surface area contributed by atoms with E-state index >= 15 is 0 Å². The molecule has 1 aromatic heterocycles. The van der Waals surface area contributed by atoms with Crippen molar-refractivity contribution in [3.8, 4) is 22.8 Å². The first-order chi connectivity index (χ1) is 12.6. The molecule has 1 N–H and O–H groups in total. The molecule has 0 fully saturated rings. The Bertz CT molecular complexity index is 888. The second kappa shape index (κ2) is 8.01. The maximum absolute atomic E-state index is 12.4. The fourth-order valence-electron chi connectivity index (χ4n) is 2.44. The molecule has 0 aliphatic heterocycles. The van der Waals surface area contributed by atoms with Crippen molar-refractivity contribution in [2.24, 2.45) is 0 Å². The minimum absolute atomic E-state index is 0.136. The summed E-state index contributed by atoms with van der Waals surface area (Å²) in [4.78, 5) is 16.9. The first-order valence-corrected chi connectivity index (χ1v) is 9.12. The fraction of sp³-hybridized carbons (Fsp3) is 0.200. The zero-order valence-corrected chi connectivity index (χ0v) is 15.7. The number of nitrogens with one attached hydrogen (secondary N) is 1. The molecule has 0 saturated carbocycles. The Labute approximate surface area is 156 Å². The molecule has 134 valence electrons. The van der Waals surface area contributed by atoms with E-state index in [4.69, 9.17) is 9.47 Å². The molecule has 0 saturated heterocycles. The molecule has 3 rings (SSSR count). The van der Waals surface area contributed by atoms with Gasteiger partial charge < -0.3 is 9.47 Å². The Hall–Kier alpha value is -2.86. The summed E-state index contributed by atoms with van der Waals surface area (Å²) < 4.78 is 10.9. The van der Waals surface area contributed by atoms with Crippen LogP contribution in [-0.2, 0) is 0 Å². The number of rotatable bonds is 6. The molecule has 0 spiro atoms. The van der Waals surface area contributed by atoms with Crippen molar-refractivity contribution in [2.45, 2.75) is 20.0 Å². The zero-order valence-electron chi connectivity index (χ0n) is 14.9. The van der Waals surface area contributed by atoms with Gasteiger partial charge in [-0.25, -0.2) is 4.98 Å². The van der Waals surface area contributed by atoms with Gasteiger partial charge in [0.05, 0.1) is 24.5 Å². The third-order valence-electron chi connectivity index (χ3n) is 3.60. The third-order valence-corrected chi connectivity index (χ3v) is 4.36. The van der Waals surface area contributed by atoms with E-state index in [1.165, 1.54) is 11.3 Å². The first-order valence-electron chi connectivity index (χ1n) is 8.24. The van der Waals surface area contributed by atoms with Crippen LogP contribution in [0.15, 0.2) is 53.9 Å². The summed E-state index contributed by atoms with van der Waals surface area (Å²) in [7, 11) is 1.54. The molecule has 6 heteroatoms. The van der Waals surface area contributed by atoms with Crippen LogP contribution >= 0.6 is 11.3 Å². The van der Waals surface area contributed by atoms with E-state index in [1.54, 1.807) is 25.3 Å². The van der Waals surface area contributed by atoms with E-state index in [-0.39, 0.29) is 12.0 Å². The van der Waals surface area contributed by atoms with Crippen molar-refractivity contribution in [1.29, 1.82) is 0 Å². The average molecular weight is 368 g/mol. The maximum Gasteiger partial charge on any atom is 0.261 e. The number of para-hydroxylation sites is 1. The van der Waals surface area contributed by atoms with E-state index in [1.807, 2.05) is 49.6 Å². The predicted octanol–water partition coefficient (Wildman–Crippen LogP) is 4.86. The van der Waals surface area contributed by atoms with E-state index in [2.05, 4.69) is 10.3 Å². The largest absolute Gasteiger partial charge is 0.496 e. The number of carbonyl (C=O) groups is 1. The maximum atomic E-state index is 12.4. The minimum Gasteiger partial charge on any atom is -0.496 e. The van der Waals surface area contributed by atoms with Crippen LogP contribution in [0.25, 0.3) is 11.3 Å². The normalized spacial score (nSPS) is 10.6. The van der Waals surface area contributed by atoms with E-state index < -0.39 is 0 Å². The number of amides is 1. The molecule has 0 atom stereocenters.